The van der Waals surface area contributed by atoms with Crippen LogP contribution in [0.3, 0.4) is 0 Å². The molecule has 3 aliphatic heterocycles. The Balaban J connectivity index is 1.25. The van der Waals surface area contributed by atoms with Gasteiger partial charge in [0.15, 0.2) is 0 Å². The molecule has 0 radical (unpaired) electrons. The van der Waals surface area contributed by atoms with Gasteiger partial charge < -0.3 is 9.80 Å². The summed E-state index contributed by atoms with van der Waals surface area (Å²) < 4.78 is 0. The van der Waals surface area contributed by atoms with Gasteiger partial charge in [-0.3, -0.25) is 14.5 Å². The van der Waals surface area contributed by atoms with E-state index in [0.717, 1.165) is 77.7 Å². The molecule has 0 N–H and O–H groups in total. The van der Waals surface area contributed by atoms with E-state index < -0.39 is 0 Å². The van der Waals surface area contributed by atoms with E-state index in [0.29, 0.717) is 18.4 Å². The van der Waals surface area contributed by atoms with Gasteiger partial charge in [-0.15, -0.1) is 0 Å². The molecule has 1 aromatic rings. The summed E-state index contributed by atoms with van der Waals surface area (Å²) in [7, 11) is 0. The highest BCUT2D eigenvalue weighted by Crippen LogP contribution is 2.44. The normalized spacial score (nSPS) is 28.6. The Kier molecular flexibility index (Phi) is 6.28. The molecule has 5 rings (SSSR count). The quantitative estimate of drug-likeness (QED) is 0.702. The molecule has 1 aromatic carbocycles. The predicted octanol–water partition coefficient (Wildman–Crippen LogP) is 3.87. The van der Waals surface area contributed by atoms with E-state index >= 15 is 0 Å². The fourth-order valence-electron chi connectivity index (χ4n) is 6.86. The highest BCUT2D eigenvalue weighted by molar-refractivity contribution is 5.90. The van der Waals surface area contributed by atoms with Crippen LogP contribution in [-0.2, 0) is 16.0 Å². The number of hydrogen-bond donors (Lipinski definition) is 0. The molecule has 0 aromatic heterocycles. The number of piperidine rings is 1. The first-order valence-electron chi connectivity index (χ1n) is 13.0. The minimum absolute atomic E-state index is 0.291. The van der Waals surface area contributed by atoms with Crippen molar-refractivity contribution >= 4 is 11.8 Å². The number of benzene rings is 1. The predicted molar refractivity (Wildman–Crippen MR) is 126 cm³/mol. The van der Waals surface area contributed by atoms with E-state index in [4.69, 9.17) is 0 Å². The number of carbonyl (C=O) groups is 2. The topological polar surface area (TPSA) is 43.9 Å². The average molecular weight is 438 g/mol. The minimum atomic E-state index is -0.329. The molecular weight excluding hydrogens is 398 g/mol. The smallest absolute Gasteiger partial charge is 0.243 e. The number of likely N-dealkylation sites (tertiary alicyclic amines) is 3. The fourth-order valence-corrected chi connectivity index (χ4v) is 6.86. The van der Waals surface area contributed by atoms with E-state index in [1.807, 2.05) is 6.07 Å². The molecule has 174 valence electrons. The monoisotopic (exact) mass is 437 g/mol. The van der Waals surface area contributed by atoms with E-state index in [2.05, 4.69) is 39.0 Å². The van der Waals surface area contributed by atoms with Gasteiger partial charge >= 0.3 is 0 Å². The van der Waals surface area contributed by atoms with Crippen LogP contribution in [0.1, 0.15) is 69.8 Å². The molecule has 4 fully saturated rings. The second-order valence-corrected chi connectivity index (χ2v) is 10.7. The summed E-state index contributed by atoms with van der Waals surface area (Å²) in [5, 5.41) is 0. The number of amides is 2. The Morgan fingerprint density at radius 3 is 2.25 bits per heavy atom. The summed E-state index contributed by atoms with van der Waals surface area (Å²) >= 11 is 0. The highest BCUT2D eigenvalue weighted by Gasteiger charge is 2.55. The SMILES string of the molecule is O=C1N(CCc2ccccc2)CCC12CCN(C(=O)C1(N3CCCCC3)CCCCC1)C2. The Morgan fingerprint density at radius 1 is 0.812 bits per heavy atom. The maximum absolute atomic E-state index is 14.0. The van der Waals surface area contributed by atoms with E-state index in [9.17, 15) is 9.59 Å². The maximum atomic E-state index is 14.0. The van der Waals surface area contributed by atoms with Crippen molar-refractivity contribution in [2.75, 3.05) is 39.3 Å². The van der Waals surface area contributed by atoms with Gasteiger partial charge in [0.25, 0.3) is 0 Å². The van der Waals surface area contributed by atoms with Crippen LogP contribution < -0.4 is 0 Å². The van der Waals surface area contributed by atoms with Gasteiger partial charge in [-0.05, 0) is 63.6 Å². The van der Waals surface area contributed by atoms with Crippen molar-refractivity contribution in [2.24, 2.45) is 5.41 Å². The Bertz CT molecular complexity index is 813. The van der Waals surface area contributed by atoms with Crippen LogP contribution in [0, 0.1) is 5.41 Å². The summed E-state index contributed by atoms with van der Waals surface area (Å²) in [6, 6.07) is 10.4. The standard InChI is InChI=1S/C27H39N3O2/c31-24-26(15-20-28(24)19-12-23-10-4-1-5-11-23)16-21-29(22-26)25(32)27(13-6-2-7-14-27)30-17-8-3-9-18-30/h1,4-5,10-11H,2-3,6-9,12-22H2. The Labute approximate surface area is 193 Å². The number of carbonyl (C=O) groups excluding carboxylic acids is 2. The van der Waals surface area contributed by atoms with Crippen molar-refractivity contribution in [2.45, 2.75) is 76.2 Å². The molecular formula is C27H39N3O2. The first-order chi connectivity index (χ1) is 15.6. The van der Waals surface area contributed by atoms with Crippen LogP contribution in [0.4, 0.5) is 0 Å². The van der Waals surface area contributed by atoms with Gasteiger partial charge in [-0.2, -0.15) is 0 Å². The molecule has 1 atom stereocenters. The zero-order valence-electron chi connectivity index (χ0n) is 19.6. The molecule has 1 aliphatic carbocycles. The highest BCUT2D eigenvalue weighted by atomic mass is 16.2. The third-order valence-corrected chi connectivity index (χ3v) is 8.80. The molecule has 2 amide bonds. The molecule has 5 nitrogen and oxygen atoms in total. The van der Waals surface area contributed by atoms with Crippen molar-refractivity contribution in [3.05, 3.63) is 35.9 Å². The van der Waals surface area contributed by atoms with Gasteiger partial charge in [0.05, 0.1) is 5.41 Å². The Morgan fingerprint density at radius 2 is 1.50 bits per heavy atom. The lowest BCUT2D eigenvalue weighted by molar-refractivity contribution is -0.148. The van der Waals surface area contributed by atoms with Crippen molar-refractivity contribution in [1.82, 2.24) is 14.7 Å². The van der Waals surface area contributed by atoms with Crippen LogP contribution >= 0.6 is 0 Å². The van der Waals surface area contributed by atoms with Gasteiger partial charge in [0.1, 0.15) is 5.54 Å². The number of nitrogens with zero attached hydrogens (tertiary/aromatic N) is 3. The van der Waals surface area contributed by atoms with Crippen LogP contribution in [0.5, 0.6) is 0 Å². The van der Waals surface area contributed by atoms with Crippen LogP contribution in [-0.4, -0.2) is 71.3 Å². The maximum Gasteiger partial charge on any atom is 0.243 e. The summed E-state index contributed by atoms with van der Waals surface area (Å²) in [5.74, 6) is 0.630. The third-order valence-electron chi connectivity index (χ3n) is 8.80. The lowest BCUT2D eigenvalue weighted by Crippen LogP contribution is -2.61. The molecule has 1 spiro atoms. The zero-order valence-corrected chi connectivity index (χ0v) is 19.6. The van der Waals surface area contributed by atoms with Gasteiger partial charge in [-0.25, -0.2) is 0 Å². The molecule has 32 heavy (non-hydrogen) atoms. The summed E-state index contributed by atoms with van der Waals surface area (Å²) in [6.45, 7) is 5.16. The minimum Gasteiger partial charge on any atom is -0.342 e. The van der Waals surface area contributed by atoms with Gasteiger partial charge in [0, 0.05) is 26.2 Å². The summed E-state index contributed by atoms with van der Waals surface area (Å²) in [4.78, 5) is 34.2. The average Bonchev–Trinajstić information content (AvgIpc) is 3.43. The molecule has 3 saturated heterocycles. The lowest BCUT2D eigenvalue weighted by Gasteiger charge is -2.48. The zero-order chi connectivity index (χ0) is 22.0. The number of rotatable bonds is 5. The molecule has 0 bridgehead atoms. The molecule has 1 saturated carbocycles. The van der Waals surface area contributed by atoms with Crippen LogP contribution in [0.15, 0.2) is 30.3 Å². The lowest BCUT2D eigenvalue weighted by atomic mass is 9.78. The van der Waals surface area contributed by atoms with Crippen LogP contribution in [0.2, 0.25) is 0 Å². The first-order valence-corrected chi connectivity index (χ1v) is 13.0. The second kappa shape index (κ2) is 9.17. The molecule has 1 unspecified atom stereocenters. The third kappa shape index (κ3) is 3.98. The van der Waals surface area contributed by atoms with E-state index in [1.54, 1.807) is 0 Å². The fraction of sp³-hybridized carbons (Fsp3) is 0.704. The summed E-state index contributed by atoms with van der Waals surface area (Å²) in [5.41, 5.74) is 0.661. The van der Waals surface area contributed by atoms with Gasteiger partial charge in [0.2, 0.25) is 11.8 Å². The Hall–Kier alpha value is -1.88. The van der Waals surface area contributed by atoms with Crippen molar-refractivity contribution in [3.8, 4) is 0 Å². The second-order valence-electron chi connectivity index (χ2n) is 10.7. The van der Waals surface area contributed by atoms with E-state index in [-0.39, 0.29) is 11.0 Å². The van der Waals surface area contributed by atoms with Crippen molar-refractivity contribution in [1.29, 1.82) is 0 Å². The molecule has 3 heterocycles. The van der Waals surface area contributed by atoms with Crippen LogP contribution in [0.25, 0.3) is 0 Å². The summed E-state index contributed by atoms with van der Waals surface area (Å²) in [6.07, 6.45) is 12.0. The largest absolute Gasteiger partial charge is 0.342 e. The molecule has 5 heteroatoms. The van der Waals surface area contributed by atoms with E-state index in [1.165, 1.54) is 31.2 Å². The van der Waals surface area contributed by atoms with Crippen molar-refractivity contribution < 1.29 is 9.59 Å². The van der Waals surface area contributed by atoms with Gasteiger partial charge in [-0.1, -0.05) is 56.0 Å². The van der Waals surface area contributed by atoms with Crippen molar-refractivity contribution in [3.63, 3.8) is 0 Å². The molecule has 4 aliphatic rings. The number of hydrogen-bond acceptors (Lipinski definition) is 3. The first kappa shape index (κ1) is 21.9.